The summed E-state index contributed by atoms with van der Waals surface area (Å²) in [4.78, 5) is 22.4. The number of esters is 1. The molecule has 5 nitrogen and oxygen atoms in total. The van der Waals surface area contributed by atoms with Crippen molar-refractivity contribution in [3.8, 4) is 0 Å². The average Bonchev–Trinajstić information content (AvgIpc) is 3.13. The Balaban J connectivity index is 1.91. The maximum Gasteiger partial charge on any atom is 0.325 e. The zero-order valence-corrected chi connectivity index (χ0v) is 11.5. The molecule has 0 bridgehead atoms. The third kappa shape index (κ3) is 2.53. The van der Waals surface area contributed by atoms with Gasteiger partial charge in [-0.05, 0) is 31.2 Å². The first-order valence-corrected chi connectivity index (χ1v) is 7.28. The van der Waals surface area contributed by atoms with Gasteiger partial charge in [0.2, 0.25) is 0 Å². The Bertz CT molecular complexity index is 594. The number of carbonyl (C=O) groups excluding carboxylic acids is 1. The number of anilines is 1. The molecule has 0 aromatic carbocycles. The molecule has 0 aliphatic heterocycles. The highest BCUT2D eigenvalue weighted by molar-refractivity contribution is 7.17. The summed E-state index contributed by atoms with van der Waals surface area (Å²) in [6.07, 6.45) is 3.78. The quantitative estimate of drug-likeness (QED) is 0.784. The molecule has 1 aliphatic rings. The van der Waals surface area contributed by atoms with E-state index in [-0.39, 0.29) is 12.5 Å². The summed E-state index contributed by atoms with van der Waals surface area (Å²) < 4.78 is 6.09. The topological polar surface area (TPSA) is 55.3 Å². The Hall–Kier alpha value is -1.69. The average molecular weight is 277 g/mol. The molecule has 6 heteroatoms. The summed E-state index contributed by atoms with van der Waals surface area (Å²) in [6, 6.07) is 2.38. The van der Waals surface area contributed by atoms with Gasteiger partial charge in [-0.15, -0.1) is 11.3 Å². The molecule has 3 rings (SSSR count). The van der Waals surface area contributed by atoms with Gasteiger partial charge in [0, 0.05) is 6.04 Å². The lowest BCUT2D eigenvalue weighted by atomic mass is 10.4. The first-order valence-electron chi connectivity index (χ1n) is 6.40. The highest BCUT2D eigenvalue weighted by Crippen LogP contribution is 2.35. The van der Waals surface area contributed by atoms with E-state index in [2.05, 4.69) is 14.9 Å². The largest absolute Gasteiger partial charge is 0.465 e. The molecule has 0 atom stereocenters. The van der Waals surface area contributed by atoms with Gasteiger partial charge in [0.1, 0.15) is 12.9 Å². The maximum atomic E-state index is 11.7. The molecule has 2 aromatic rings. The molecule has 0 N–H and O–H groups in total. The van der Waals surface area contributed by atoms with Crippen molar-refractivity contribution in [3.05, 3.63) is 17.8 Å². The zero-order valence-electron chi connectivity index (χ0n) is 10.7. The van der Waals surface area contributed by atoms with Crippen molar-refractivity contribution in [2.24, 2.45) is 0 Å². The minimum Gasteiger partial charge on any atom is -0.465 e. The summed E-state index contributed by atoms with van der Waals surface area (Å²) in [5, 5.41) is 2.00. The van der Waals surface area contributed by atoms with Crippen molar-refractivity contribution in [1.29, 1.82) is 0 Å². The van der Waals surface area contributed by atoms with Gasteiger partial charge in [0.15, 0.2) is 5.82 Å². The van der Waals surface area contributed by atoms with Crippen LogP contribution in [0.2, 0.25) is 0 Å². The zero-order chi connectivity index (χ0) is 13.2. The number of hydrogen-bond donors (Lipinski definition) is 0. The maximum absolute atomic E-state index is 11.7. The predicted octanol–water partition coefficient (Wildman–Crippen LogP) is 2.22. The van der Waals surface area contributed by atoms with Gasteiger partial charge in [0.25, 0.3) is 0 Å². The van der Waals surface area contributed by atoms with Crippen molar-refractivity contribution in [2.45, 2.75) is 25.8 Å². The number of rotatable bonds is 5. The highest BCUT2D eigenvalue weighted by atomic mass is 32.1. The fourth-order valence-electron chi connectivity index (χ4n) is 2.09. The third-order valence-corrected chi connectivity index (χ3v) is 3.99. The number of ether oxygens (including phenoxy) is 1. The van der Waals surface area contributed by atoms with Crippen LogP contribution in [-0.2, 0) is 9.53 Å². The number of fused-ring (bicyclic) bond motifs is 1. The second-order valence-electron chi connectivity index (χ2n) is 4.50. The molecule has 1 saturated carbocycles. The van der Waals surface area contributed by atoms with E-state index in [4.69, 9.17) is 4.74 Å². The fourth-order valence-corrected chi connectivity index (χ4v) is 2.94. The van der Waals surface area contributed by atoms with Crippen LogP contribution in [0.5, 0.6) is 0 Å². The van der Waals surface area contributed by atoms with E-state index in [9.17, 15) is 4.79 Å². The second-order valence-corrected chi connectivity index (χ2v) is 5.41. The van der Waals surface area contributed by atoms with Crippen molar-refractivity contribution in [3.63, 3.8) is 0 Å². The lowest BCUT2D eigenvalue weighted by Gasteiger charge is -2.22. The molecule has 0 spiro atoms. The van der Waals surface area contributed by atoms with Gasteiger partial charge in [-0.1, -0.05) is 0 Å². The number of nitrogens with zero attached hydrogens (tertiary/aromatic N) is 3. The van der Waals surface area contributed by atoms with Crippen LogP contribution >= 0.6 is 11.3 Å². The van der Waals surface area contributed by atoms with Crippen LogP contribution in [0.1, 0.15) is 19.8 Å². The van der Waals surface area contributed by atoms with Crippen LogP contribution < -0.4 is 4.90 Å². The lowest BCUT2D eigenvalue weighted by molar-refractivity contribution is -0.141. The molecule has 0 radical (unpaired) electrons. The third-order valence-electron chi connectivity index (χ3n) is 3.09. The van der Waals surface area contributed by atoms with Gasteiger partial charge in [-0.3, -0.25) is 4.79 Å². The molecule has 0 saturated heterocycles. The van der Waals surface area contributed by atoms with Crippen LogP contribution in [0.25, 0.3) is 10.2 Å². The number of carbonyl (C=O) groups is 1. The summed E-state index contributed by atoms with van der Waals surface area (Å²) in [5.41, 5.74) is 0.935. The van der Waals surface area contributed by atoms with E-state index in [1.807, 2.05) is 18.4 Å². The standard InChI is InChI=1S/C13H15N3O2S/c1-2-18-11(17)7-16(9-3-4-9)13-12-10(5-6-19-12)14-8-15-13/h5-6,8-9H,2-4,7H2,1H3. The van der Waals surface area contributed by atoms with Crippen molar-refractivity contribution in [1.82, 2.24) is 9.97 Å². The van der Waals surface area contributed by atoms with Crippen LogP contribution in [0, 0.1) is 0 Å². The van der Waals surface area contributed by atoms with E-state index in [0.29, 0.717) is 12.6 Å². The van der Waals surface area contributed by atoms with Crippen LogP contribution in [0.4, 0.5) is 5.82 Å². The molecule has 1 fully saturated rings. The van der Waals surface area contributed by atoms with Crippen molar-refractivity contribution in [2.75, 3.05) is 18.1 Å². The number of aromatic nitrogens is 2. The summed E-state index contributed by atoms with van der Waals surface area (Å²) in [5.74, 6) is 0.660. The van der Waals surface area contributed by atoms with E-state index < -0.39 is 0 Å². The lowest BCUT2D eigenvalue weighted by Crippen LogP contribution is -2.33. The van der Waals surface area contributed by atoms with Gasteiger partial charge in [-0.2, -0.15) is 0 Å². The number of hydrogen-bond acceptors (Lipinski definition) is 6. The minimum absolute atomic E-state index is 0.197. The van der Waals surface area contributed by atoms with Crippen LogP contribution in [0.3, 0.4) is 0 Å². The SMILES string of the molecule is CCOC(=O)CN(c1ncnc2ccsc12)C1CC1. The number of thiophene rings is 1. The molecule has 2 aromatic heterocycles. The molecule has 19 heavy (non-hydrogen) atoms. The highest BCUT2D eigenvalue weighted by Gasteiger charge is 2.33. The summed E-state index contributed by atoms with van der Waals surface area (Å²) >= 11 is 1.61. The van der Waals surface area contributed by atoms with Crippen LogP contribution in [0.15, 0.2) is 17.8 Å². The fraction of sp³-hybridized carbons (Fsp3) is 0.462. The molecule has 1 aliphatic carbocycles. The molecule has 0 amide bonds. The summed E-state index contributed by atoms with van der Waals surface area (Å²) in [6.45, 7) is 2.50. The van der Waals surface area contributed by atoms with E-state index >= 15 is 0 Å². The van der Waals surface area contributed by atoms with E-state index in [0.717, 1.165) is 28.9 Å². The molecular weight excluding hydrogens is 262 g/mol. The van der Waals surface area contributed by atoms with Crippen molar-refractivity contribution < 1.29 is 9.53 Å². The Morgan fingerprint density at radius 1 is 1.53 bits per heavy atom. The second kappa shape index (κ2) is 5.13. The molecule has 2 heterocycles. The normalized spacial score (nSPS) is 14.6. The molecule has 0 unspecified atom stereocenters. The monoisotopic (exact) mass is 277 g/mol. The van der Waals surface area contributed by atoms with E-state index in [1.165, 1.54) is 0 Å². The van der Waals surface area contributed by atoms with Gasteiger partial charge in [-0.25, -0.2) is 9.97 Å². The van der Waals surface area contributed by atoms with Gasteiger partial charge in [0.05, 0.1) is 16.8 Å². The van der Waals surface area contributed by atoms with Gasteiger partial charge < -0.3 is 9.64 Å². The van der Waals surface area contributed by atoms with Crippen LogP contribution in [-0.4, -0.2) is 35.1 Å². The van der Waals surface area contributed by atoms with E-state index in [1.54, 1.807) is 17.7 Å². The smallest absolute Gasteiger partial charge is 0.325 e. The summed E-state index contributed by atoms with van der Waals surface area (Å²) in [7, 11) is 0. The first kappa shape index (κ1) is 12.3. The first-order chi connectivity index (χ1) is 9.29. The Labute approximate surface area is 115 Å². The minimum atomic E-state index is -0.197. The predicted molar refractivity (Wildman–Crippen MR) is 74.4 cm³/mol. The molecular formula is C13H15N3O2S. The molecule has 100 valence electrons. The van der Waals surface area contributed by atoms with Gasteiger partial charge >= 0.3 is 5.97 Å². The van der Waals surface area contributed by atoms with Crippen molar-refractivity contribution >= 4 is 33.3 Å². The Morgan fingerprint density at radius 3 is 3.11 bits per heavy atom. The Kier molecular flexibility index (Phi) is 3.33. The Morgan fingerprint density at radius 2 is 2.37 bits per heavy atom.